The van der Waals surface area contributed by atoms with Crippen molar-refractivity contribution in [2.45, 2.75) is 56.1 Å². The highest BCUT2D eigenvalue weighted by Crippen LogP contribution is 2.56. The summed E-state index contributed by atoms with van der Waals surface area (Å²) in [6, 6.07) is 3.11. The van der Waals surface area contributed by atoms with E-state index in [1.54, 1.807) is 12.1 Å². The second-order valence-corrected chi connectivity index (χ2v) is 9.41. The van der Waals surface area contributed by atoms with Gasteiger partial charge in [0.2, 0.25) is 0 Å². The number of fused-ring (bicyclic) bond motifs is 4. The molecule has 3 saturated carbocycles. The van der Waals surface area contributed by atoms with Gasteiger partial charge in [0.15, 0.2) is 5.60 Å². The zero-order chi connectivity index (χ0) is 19.6. The molecule has 2 bridgehead atoms. The molecule has 5 rings (SSSR count). The van der Waals surface area contributed by atoms with Crippen molar-refractivity contribution in [3.05, 3.63) is 27.7 Å². The summed E-state index contributed by atoms with van der Waals surface area (Å²) < 4.78 is 0. The Morgan fingerprint density at radius 1 is 1.11 bits per heavy atom. The Kier molecular flexibility index (Phi) is 4.39. The number of hydrogen-bond acceptors (Lipinski definition) is 4. The Morgan fingerprint density at radius 2 is 1.67 bits per heavy atom. The maximum Gasteiger partial charge on any atom is 0.261 e. The van der Waals surface area contributed by atoms with Gasteiger partial charge in [-0.2, -0.15) is 0 Å². The van der Waals surface area contributed by atoms with E-state index in [0.717, 1.165) is 38.5 Å². The van der Waals surface area contributed by atoms with Gasteiger partial charge in [0.1, 0.15) is 5.78 Å². The minimum absolute atomic E-state index is 0.0453. The summed E-state index contributed by atoms with van der Waals surface area (Å²) in [7, 11) is 4.21. The molecule has 1 amide bonds. The number of carbonyl (C=O) groups excluding carboxylic acids is 2. The van der Waals surface area contributed by atoms with Crippen molar-refractivity contribution in [2.75, 3.05) is 19.4 Å². The lowest BCUT2D eigenvalue weighted by Gasteiger charge is -2.55. The summed E-state index contributed by atoms with van der Waals surface area (Å²) >= 11 is 12.4. The van der Waals surface area contributed by atoms with Crippen LogP contribution in [0.3, 0.4) is 0 Å². The van der Waals surface area contributed by atoms with E-state index < -0.39 is 16.9 Å². The van der Waals surface area contributed by atoms with Crippen LogP contribution in [0.1, 0.15) is 50.5 Å². The van der Waals surface area contributed by atoms with E-state index in [0.29, 0.717) is 10.7 Å². The van der Waals surface area contributed by atoms with Gasteiger partial charge in [-0.05, 0) is 64.8 Å². The summed E-state index contributed by atoms with van der Waals surface area (Å²) in [5.74, 6) is -0.678. The van der Waals surface area contributed by atoms with Crippen LogP contribution in [0.2, 0.25) is 10.0 Å². The monoisotopic (exact) mass is 410 g/mol. The van der Waals surface area contributed by atoms with Gasteiger partial charge in [-0.1, -0.05) is 23.2 Å². The molecule has 1 aromatic carbocycles. The largest absolute Gasteiger partial charge is 0.375 e. The number of hydrogen-bond donors (Lipinski definition) is 2. The van der Waals surface area contributed by atoms with Crippen molar-refractivity contribution in [3.63, 3.8) is 0 Å². The SMILES string of the molecule is CN(C)C12CCC(C(=O)C[C@@]3(O)C(=O)Nc4c(Cl)ccc(Cl)c43)(CC1)CC2. The third kappa shape index (κ3) is 2.66. The molecule has 4 aliphatic rings. The number of benzene rings is 1. The molecule has 0 unspecified atom stereocenters. The minimum Gasteiger partial charge on any atom is -0.375 e. The smallest absolute Gasteiger partial charge is 0.261 e. The number of amides is 1. The van der Waals surface area contributed by atoms with Gasteiger partial charge in [-0.15, -0.1) is 0 Å². The minimum atomic E-state index is -1.96. The Morgan fingerprint density at radius 3 is 2.22 bits per heavy atom. The van der Waals surface area contributed by atoms with E-state index in [1.165, 1.54) is 0 Å². The molecule has 0 saturated heterocycles. The summed E-state index contributed by atoms with van der Waals surface area (Å²) in [6.07, 6.45) is 5.06. The molecule has 27 heavy (non-hydrogen) atoms. The van der Waals surface area contributed by atoms with Crippen LogP contribution in [0.5, 0.6) is 0 Å². The van der Waals surface area contributed by atoms with E-state index in [1.807, 2.05) is 0 Å². The zero-order valence-corrected chi connectivity index (χ0v) is 17.1. The number of nitrogens with zero attached hydrogens (tertiary/aromatic N) is 1. The normalized spacial score (nSPS) is 34.7. The first kappa shape index (κ1) is 19.2. The summed E-state index contributed by atoms with van der Waals surface area (Å²) in [5.41, 5.74) is -1.69. The molecule has 1 atom stereocenters. The summed E-state index contributed by atoms with van der Waals surface area (Å²) in [6.45, 7) is 0. The average molecular weight is 411 g/mol. The van der Waals surface area contributed by atoms with E-state index in [9.17, 15) is 14.7 Å². The van der Waals surface area contributed by atoms with Gasteiger partial charge in [-0.3, -0.25) is 9.59 Å². The van der Waals surface area contributed by atoms with Crippen LogP contribution in [0.4, 0.5) is 5.69 Å². The predicted octanol–water partition coefficient (Wildman–Crippen LogP) is 3.75. The quantitative estimate of drug-likeness (QED) is 0.792. The number of aliphatic hydroxyl groups is 1. The highest BCUT2D eigenvalue weighted by Gasteiger charge is 2.56. The van der Waals surface area contributed by atoms with Crippen molar-refractivity contribution < 1.29 is 14.7 Å². The molecular formula is C20H24Cl2N2O3. The van der Waals surface area contributed by atoms with Gasteiger partial charge in [0.25, 0.3) is 5.91 Å². The molecule has 0 spiro atoms. The lowest BCUT2D eigenvalue weighted by atomic mass is 9.54. The van der Waals surface area contributed by atoms with E-state index in [2.05, 4.69) is 24.3 Å². The molecule has 1 aromatic rings. The molecule has 146 valence electrons. The van der Waals surface area contributed by atoms with Crippen molar-refractivity contribution >= 4 is 40.6 Å². The van der Waals surface area contributed by atoms with Crippen LogP contribution in [-0.2, 0) is 15.2 Å². The molecule has 2 N–H and O–H groups in total. The fourth-order valence-electron chi connectivity index (χ4n) is 5.25. The number of anilines is 1. The lowest BCUT2D eigenvalue weighted by Crippen LogP contribution is -2.56. The van der Waals surface area contributed by atoms with Gasteiger partial charge >= 0.3 is 0 Å². The van der Waals surface area contributed by atoms with Crippen LogP contribution in [0.25, 0.3) is 0 Å². The molecule has 1 heterocycles. The molecule has 0 aromatic heterocycles. The van der Waals surface area contributed by atoms with E-state index in [-0.39, 0.29) is 28.3 Å². The van der Waals surface area contributed by atoms with E-state index >= 15 is 0 Å². The zero-order valence-electron chi connectivity index (χ0n) is 15.6. The van der Waals surface area contributed by atoms with Crippen LogP contribution < -0.4 is 5.32 Å². The van der Waals surface area contributed by atoms with Gasteiger partial charge in [0.05, 0.1) is 10.7 Å². The molecule has 3 aliphatic carbocycles. The first-order chi connectivity index (χ1) is 12.6. The van der Waals surface area contributed by atoms with Gasteiger partial charge < -0.3 is 15.3 Å². The molecule has 0 radical (unpaired) electrons. The van der Waals surface area contributed by atoms with Gasteiger partial charge in [-0.25, -0.2) is 0 Å². The third-order valence-corrected chi connectivity index (χ3v) is 7.92. The average Bonchev–Trinajstić information content (AvgIpc) is 2.92. The Hall–Kier alpha value is -1.14. The van der Waals surface area contributed by atoms with Crippen molar-refractivity contribution in [1.82, 2.24) is 4.90 Å². The summed E-state index contributed by atoms with van der Waals surface area (Å²) in [4.78, 5) is 28.2. The van der Waals surface area contributed by atoms with Crippen LogP contribution in [0.15, 0.2) is 12.1 Å². The number of ketones is 1. The number of Topliss-reactive ketones (excluding diaryl/α,β-unsaturated/α-hetero) is 1. The molecule has 1 aliphatic heterocycles. The number of rotatable bonds is 4. The first-order valence-electron chi connectivity index (χ1n) is 9.37. The maximum absolute atomic E-state index is 13.3. The molecule has 7 heteroatoms. The fraction of sp³-hybridized carbons (Fsp3) is 0.600. The molecular weight excluding hydrogens is 387 g/mol. The lowest BCUT2D eigenvalue weighted by molar-refractivity contribution is -0.150. The first-order valence-corrected chi connectivity index (χ1v) is 10.1. The Labute approximate surface area is 169 Å². The molecule has 3 fully saturated rings. The predicted molar refractivity (Wildman–Crippen MR) is 105 cm³/mol. The molecule has 5 nitrogen and oxygen atoms in total. The number of nitrogens with one attached hydrogen (secondary N) is 1. The van der Waals surface area contributed by atoms with Crippen LogP contribution in [0, 0.1) is 5.41 Å². The standard InChI is InChI=1S/C20H24Cl2N2O3/c1-24(2)19-8-5-18(6-9-19,7-10-19)14(25)11-20(27)15-12(21)3-4-13(22)16(15)23-17(20)26/h3-4,27H,5-11H2,1-2H3,(H,23,26)/t18?,19?,20-/m0/s1. The van der Waals surface area contributed by atoms with Crippen molar-refractivity contribution in [1.29, 1.82) is 0 Å². The number of halogens is 2. The van der Waals surface area contributed by atoms with Crippen molar-refractivity contribution in [2.24, 2.45) is 5.41 Å². The van der Waals surface area contributed by atoms with Crippen molar-refractivity contribution in [3.8, 4) is 0 Å². The maximum atomic E-state index is 13.3. The highest BCUT2D eigenvalue weighted by atomic mass is 35.5. The van der Waals surface area contributed by atoms with Crippen LogP contribution >= 0.6 is 23.2 Å². The Bertz CT molecular complexity index is 814. The second kappa shape index (κ2) is 6.18. The second-order valence-electron chi connectivity index (χ2n) is 8.59. The summed E-state index contributed by atoms with van der Waals surface area (Å²) in [5, 5.41) is 14.3. The third-order valence-electron chi connectivity index (χ3n) is 7.29. The topological polar surface area (TPSA) is 69.6 Å². The van der Waals surface area contributed by atoms with E-state index in [4.69, 9.17) is 23.2 Å². The Balaban J connectivity index is 1.62. The van der Waals surface area contributed by atoms with Crippen LogP contribution in [-0.4, -0.2) is 41.3 Å². The fourth-order valence-corrected chi connectivity index (χ4v) is 5.77. The van der Waals surface area contributed by atoms with Gasteiger partial charge in [0, 0.05) is 28.0 Å². The number of carbonyl (C=O) groups is 2. The highest BCUT2D eigenvalue weighted by molar-refractivity contribution is 6.38.